The summed E-state index contributed by atoms with van der Waals surface area (Å²) >= 11 is 0. The summed E-state index contributed by atoms with van der Waals surface area (Å²) in [5.41, 5.74) is -0.218. The largest absolute Gasteiger partial charge is 0.514 e. The van der Waals surface area contributed by atoms with Crippen molar-refractivity contribution in [2.45, 2.75) is 86.2 Å². The van der Waals surface area contributed by atoms with Crippen LogP contribution in [0.3, 0.4) is 0 Å². The minimum atomic E-state index is -1.13. The van der Waals surface area contributed by atoms with Gasteiger partial charge in [0.2, 0.25) is 0 Å². The Morgan fingerprint density at radius 3 is 1.86 bits per heavy atom. The lowest BCUT2D eigenvalue weighted by molar-refractivity contribution is -0.157. The topological polar surface area (TPSA) is 147 Å². The molecule has 0 heterocycles. The predicted molar refractivity (Wildman–Crippen MR) is 129 cm³/mol. The Kier molecular flexibility index (Phi) is 11.7. The smallest absolute Gasteiger partial charge is 0.480 e. The molecule has 2 atom stereocenters. The zero-order valence-electron chi connectivity index (χ0n) is 22.1. The van der Waals surface area contributed by atoms with Crippen molar-refractivity contribution < 1.29 is 48.0 Å². The van der Waals surface area contributed by atoms with E-state index in [-0.39, 0.29) is 24.5 Å². The molecular weight excluding hydrogens is 474 g/mol. The van der Waals surface area contributed by atoms with Crippen molar-refractivity contribution in [2.75, 3.05) is 6.54 Å². The Balaban J connectivity index is 3.02. The van der Waals surface area contributed by atoms with Crippen LogP contribution < -0.4 is 14.8 Å². The lowest BCUT2D eigenvalue weighted by Gasteiger charge is -2.23. The zero-order valence-corrected chi connectivity index (χ0v) is 22.1. The number of aliphatic carboxylic acids is 1. The van der Waals surface area contributed by atoms with E-state index in [0.717, 1.165) is 0 Å². The highest BCUT2D eigenvalue weighted by Gasteiger charge is 2.26. The van der Waals surface area contributed by atoms with Crippen molar-refractivity contribution in [3.8, 4) is 11.5 Å². The van der Waals surface area contributed by atoms with Crippen LogP contribution in [0.4, 0.5) is 9.59 Å². The van der Waals surface area contributed by atoms with Gasteiger partial charge in [-0.15, -0.1) is 0 Å². The molecule has 36 heavy (non-hydrogen) atoms. The molecule has 1 rings (SSSR count). The maximum atomic E-state index is 12.1. The molecule has 0 radical (unpaired) electrons. The number of carbonyl (C=O) groups is 4. The second-order valence-corrected chi connectivity index (χ2v) is 9.79. The first-order chi connectivity index (χ1) is 16.6. The third kappa shape index (κ3) is 11.4. The molecule has 0 bridgehead atoms. The highest BCUT2D eigenvalue weighted by Crippen LogP contribution is 2.30. The second-order valence-electron chi connectivity index (χ2n) is 9.79. The first-order valence-electron chi connectivity index (χ1n) is 11.7. The van der Waals surface area contributed by atoms with E-state index in [4.69, 9.17) is 23.7 Å². The highest BCUT2D eigenvalue weighted by atomic mass is 16.7. The summed E-state index contributed by atoms with van der Waals surface area (Å²) in [5, 5.41) is 12.5. The summed E-state index contributed by atoms with van der Waals surface area (Å²) in [4.78, 5) is 47.9. The van der Waals surface area contributed by atoms with Crippen molar-refractivity contribution in [1.82, 2.24) is 5.32 Å². The van der Waals surface area contributed by atoms with E-state index in [1.807, 2.05) is 0 Å². The lowest BCUT2D eigenvalue weighted by atomic mass is 9.97. The normalized spacial score (nSPS) is 13.1. The molecule has 1 unspecified atom stereocenters. The van der Waals surface area contributed by atoms with Gasteiger partial charge in [0.15, 0.2) is 11.5 Å². The summed E-state index contributed by atoms with van der Waals surface area (Å²) in [6, 6.07) is 3.22. The minimum Gasteiger partial charge on any atom is -0.480 e. The molecule has 0 fully saturated rings. The highest BCUT2D eigenvalue weighted by molar-refractivity contribution is 5.76. The Morgan fingerprint density at radius 2 is 1.39 bits per heavy atom. The van der Waals surface area contributed by atoms with E-state index in [1.54, 1.807) is 55.4 Å². The molecular formula is C25H37NO10. The van der Waals surface area contributed by atoms with Gasteiger partial charge in [-0.05, 0) is 79.5 Å². The van der Waals surface area contributed by atoms with Gasteiger partial charge in [0.25, 0.3) is 0 Å². The minimum absolute atomic E-state index is 0.0123. The van der Waals surface area contributed by atoms with Crippen LogP contribution >= 0.6 is 0 Å². The van der Waals surface area contributed by atoms with E-state index >= 15 is 0 Å². The van der Waals surface area contributed by atoms with Crippen LogP contribution in [-0.4, -0.2) is 60.3 Å². The Labute approximate surface area is 211 Å². The van der Waals surface area contributed by atoms with E-state index in [9.17, 15) is 24.3 Å². The lowest BCUT2D eigenvalue weighted by Crippen LogP contribution is -2.43. The molecule has 0 aliphatic carbocycles. The molecule has 202 valence electrons. The van der Waals surface area contributed by atoms with Crippen LogP contribution in [-0.2, 0) is 30.2 Å². The molecule has 0 aliphatic heterocycles. The average molecular weight is 512 g/mol. The number of ether oxygens (including phenoxy) is 5. The van der Waals surface area contributed by atoms with Crippen molar-refractivity contribution >= 4 is 24.2 Å². The third-order valence-electron chi connectivity index (χ3n) is 4.37. The van der Waals surface area contributed by atoms with Gasteiger partial charge in [-0.1, -0.05) is 6.07 Å². The maximum absolute atomic E-state index is 12.1. The molecule has 2 N–H and O–H groups in total. The summed E-state index contributed by atoms with van der Waals surface area (Å²) < 4.78 is 25.6. The number of hydrogen-bond donors (Lipinski definition) is 2. The SMILES string of the molecule is CC(C)OC(=O)Oc1ccc(C[C@H](NCC(C)OC(=O)C(C)(C)C)C(=O)O)cc1OC(=O)OC(C)C. The predicted octanol–water partition coefficient (Wildman–Crippen LogP) is 4.10. The molecule has 0 saturated heterocycles. The Hall–Kier alpha value is -3.34. The van der Waals surface area contributed by atoms with Crippen LogP contribution in [0.1, 0.15) is 61.0 Å². The third-order valence-corrected chi connectivity index (χ3v) is 4.37. The molecule has 0 aromatic heterocycles. The number of rotatable bonds is 11. The first kappa shape index (κ1) is 30.7. The fourth-order valence-electron chi connectivity index (χ4n) is 2.65. The summed E-state index contributed by atoms with van der Waals surface area (Å²) in [5.74, 6) is -1.78. The van der Waals surface area contributed by atoms with Crippen molar-refractivity contribution in [3.05, 3.63) is 23.8 Å². The molecule has 1 aromatic carbocycles. The zero-order chi connectivity index (χ0) is 27.6. The van der Waals surface area contributed by atoms with Crippen LogP contribution in [0, 0.1) is 5.41 Å². The second kappa shape index (κ2) is 13.7. The standard InChI is InChI=1S/C25H37NO10/c1-14(2)32-23(30)35-19-10-9-17(12-20(19)36-24(31)33-15(3)4)11-18(21(27)28)26-13-16(5)34-22(29)25(6,7)8/h9-10,12,14-16,18,26H,11,13H2,1-8H3,(H,27,28)/t16?,18-/m0/s1. The molecule has 11 heteroatoms. The van der Waals surface area contributed by atoms with Gasteiger partial charge in [0.05, 0.1) is 17.6 Å². The maximum Gasteiger partial charge on any atom is 0.514 e. The number of carboxylic acid groups (broad SMARTS) is 1. The molecule has 0 saturated carbocycles. The number of benzene rings is 1. The van der Waals surface area contributed by atoms with Crippen LogP contribution in [0.25, 0.3) is 0 Å². The van der Waals surface area contributed by atoms with Crippen LogP contribution in [0.15, 0.2) is 18.2 Å². The molecule has 1 aromatic rings. The molecule has 0 spiro atoms. The van der Waals surface area contributed by atoms with E-state index in [0.29, 0.717) is 5.56 Å². The van der Waals surface area contributed by atoms with Gasteiger partial charge in [-0.2, -0.15) is 0 Å². The number of esters is 1. The summed E-state index contributed by atoms with van der Waals surface area (Å²) in [7, 11) is 0. The number of nitrogens with one attached hydrogen (secondary N) is 1. The fraction of sp³-hybridized carbons (Fsp3) is 0.600. The van der Waals surface area contributed by atoms with E-state index in [1.165, 1.54) is 18.2 Å². The first-order valence-corrected chi connectivity index (χ1v) is 11.7. The Bertz CT molecular complexity index is 920. The van der Waals surface area contributed by atoms with E-state index < -0.39 is 54.0 Å². The summed E-state index contributed by atoms with van der Waals surface area (Å²) in [6.07, 6.45) is -3.48. The monoisotopic (exact) mass is 511 g/mol. The van der Waals surface area contributed by atoms with Crippen LogP contribution in [0.2, 0.25) is 0 Å². The van der Waals surface area contributed by atoms with Crippen molar-refractivity contribution in [1.29, 1.82) is 0 Å². The fourth-order valence-corrected chi connectivity index (χ4v) is 2.65. The van der Waals surface area contributed by atoms with Crippen molar-refractivity contribution in [2.24, 2.45) is 5.41 Å². The van der Waals surface area contributed by atoms with Crippen LogP contribution in [0.5, 0.6) is 11.5 Å². The number of carbonyl (C=O) groups excluding carboxylic acids is 3. The molecule has 11 nitrogen and oxygen atoms in total. The van der Waals surface area contributed by atoms with Gasteiger partial charge in [-0.3, -0.25) is 9.59 Å². The Morgan fingerprint density at radius 1 is 0.861 bits per heavy atom. The average Bonchev–Trinajstić information content (AvgIpc) is 2.70. The van der Waals surface area contributed by atoms with E-state index in [2.05, 4.69) is 5.32 Å². The number of hydrogen-bond acceptors (Lipinski definition) is 10. The quantitative estimate of drug-likeness (QED) is 0.251. The van der Waals surface area contributed by atoms with Gasteiger partial charge in [0, 0.05) is 6.54 Å². The van der Waals surface area contributed by atoms with Gasteiger partial charge >= 0.3 is 24.2 Å². The van der Waals surface area contributed by atoms with Gasteiger partial charge < -0.3 is 34.1 Å². The molecule has 0 aliphatic rings. The number of carboxylic acids is 1. The summed E-state index contributed by atoms with van der Waals surface area (Å²) in [6.45, 7) is 13.5. The van der Waals surface area contributed by atoms with Gasteiger partial charge in [-0.25, -0.2) is 9.59 Å². The van der Waals surface area contributed by atoms with Crippen molar-refractivity contribution in [3.63, 3.8) is 0 Å². The van der Waals surface area contributed by atoms with Gasteiger partial charge in [0.1, 0.15) is 12.1 Å². The molecule has 0 amide bonds.